The first-order chi connectivity index (χ1) is 3.85. The van der Waals surface area contributed by atoms with Gasteiger partial charge in [0.05, 0.1) is 0 Å². The molecule has 1 unspecified atom stereocenters. The van der Waals surface area contributed by atoms with Gasteiger partial charge in [0.2, 0.25) is 0 Å². The van der Waals surface area contributed by atoms with E-state index in [-0.39, 0.29) is 5.54 Å². The van der Waals surface area contributed by atoms with Crippen LogP contribution in [0.3, 0.4) is 0 Å². The first-order valence-electron chi connectivity index (χ1n) is 2.69. The Morgan fingerprint density at radius 3 is 1.78 bits per heavy atom. The van der Waals surface area contributed by atoms with Gasteiger partial charge in [0.25, 0.3) is 0 Å². The summed E-state index contributed by atoms with van der Waals surface area (Å²) in [5.74, 6) is 0. The molecule has 4 heteroatoms. The molecule has 0 aliphatic rings. The van der Waals surface area contributed by atoms with Gasteiger partial charge in [-0.1, -0.05) is 0 Å². The van der Waals surface area contributed by atoms with E-state index in [1.54, 1.807) is 7.05 Å². The van der Waals surface area contributed by atoms with E-state index in [0.717, 1.165) is 0 Å². The molecule has 0 aliphatic heterocycles. The van der Waals surface area contributed by atoms with Gasteiger partial charge in [0, 0.05) is 16.8 Å². The molecule has 0 aromatic heterocycles. The number of hydrogen-bond donors (Lipinski definition) is 0. The molecule has 0 aliphatic carbocycles. The highest BCUT2D eigenvalue weighted by atomic mass is 32.2. The highest BCUT2D eigenvalue weighted by Gasteiger charge is 2.16. The molecule has 0 radical (unpaired) electrons. The molecular formula is C5H12NO2S-. The summed E-state index contributed by atoms with van der Waals surface area (Å²) in [7, 11) is 1.54. The fraction of sp³-hybridized carbons (Fsp3) is 1.00. The lowest BCUT2D eigenvalue weighted by atomic mass is 10.1. The van der Waals surface area contributed by atoms with Crippen LogP contribution in [0.1, 0.15) is 20.8 Å². The third-order valence-corrected chi connectivity index (χ3v) is 2.16. The standard InChI is InChI=1S/C5H13NO2S/c1-5(2,3)6(4)9(7)8/h1-4H3,(H,7,8)/p-1. The number of rotatable bonds is 1. The summed E-state index contributed by atoms with van der Waals surface area (Å²) in [6.45, 7) is 5.51. The molecule has 0 aromatic carbocycles. The molecule has 0 amide bonds. The highest BCUT2D eigenvalue weighted by molar-refractivity contribution is 7.76. The monoisotopic (exact) mass is 150 g/mol. The van der Waals surface area contributed by atoms with Crippen LogP contribution >= 0.6 is 0 Å². The van der Waals surface area contributed by atoms with E-state index in [1.807, 2.05) is 20.8 Å². The molecule has 0 spiro atoms. The highest BCUT2D eigenvalue weighted by Crippen LogP contribution is 2.10. The van der Waals surface area contributed by atoms with Crippen LogP contribution in [0.4, 0.5) is 0 Å². The minimum atomic E-state index is -2.10. The largest absolute Gasteiger partial charge is 0.760 e. The van der Waals surface area contributed by atoms with Crippen molar-refractivity contribution in [3.05, 3.63) is 0 Å². The van der Waals surface area contributed by atoms with Gasteiger partial charge in [-0.05, 0) is 27.8 Å². The summed E-state index contributed by atoms with van der Waals surface area (Å²) in [4.78, 5) is 0. The lowest BCUT2D eigenvalue weighted by Crippen LogP contribution is -2.38. The Morgan fingerprint density at radius 2 is 1.78 bits per heavy atom. The fourth-order valence-corrected chi connectivity index (χ4v) is 0.671. The van der Waals surface area contributed by atoms with Crippen molar-refractivity contribution in [1.29, 1.82) is 0 Å². The summed E-state index contributed by atoms with van der Waals surface area (Å²) in [6, 6.07) is 0. The smallest absolute Gasteiger partial charge is 0.0238 e. The zero-order valence-corrected chi connectivity index (χ0v) is 6.99. The lowest BCUT2D eigenvalue weighted by molar-refractivity contribution is 0.282. The second-order valence-electron chi connectivity index (χ2n) is 2.89. The first-order valence-corrected chi connectivity index (χ1v) is 3.72. The van der Waals surface area contributed by atoms with Gasteiger partial charge in [0.1, 0.15) is 0 Å². The minimum Gasteiger partial charge on any atom is -0.760 e. The predicted octanol–water partition coefficient (Wildman–Crippen LogP) is 0.511. The minimum absolute atomic E-state index is 0.299. The maximum atomic E-state index is 10.3. The maximum absolute atomic E-state index is 10.3. The molecule has 56 valence electrons. The molecule has 0 fully saturated rings. The van der Waals surface area contributed by atoms with E-state index in [9.17, 15) is 8.76 Å². The van der Waals surface area contributed by atoms with Gasteiger partial charge in [-0.2, -0.15) is 0 Å². The molecule has 0 saturated carbocycles. The normalized spacial score (nSPS) is 16.2. The summed E-state index contributed by atoms with van der Waals surface area (Å²) in [5, 5.41) is 0. The van der Waals surface area contributed by atoms with Crippen LogP contribution < -0.4 is 0 Å². The Morgan fingerprint density at radius 1 is 1.44 bits per heavy atom. The van der Waals surface area contributed by atoms with Crippen molar-refractivity contribution in [3.8, 4) is 0 Å². The van der Waals surface area contributed by atoms with Crippen molar-refractivity contribution in [2.24, 2.45) is 0 Å². The molecule has 3 nitrogen and oxygen atoms in total. The van der Waals surface area contributed by atoms with E-state index in [1.165, 1.54) is 4.31 Å². The Balaban J connectivity index is 4.04. The molecule has 0 saturated heterocycles. The van der Waals surface area contributed by atoms with E-state index >= 15 is 0 Å². The zero-order chi connectivity index (χ0) is 7.65. The van der Waals surface area contributed by atoms with Gasteiger partial charge < -0.3 is 4.55 Å². The molecule has 0 bridgehead atoms. The zero-order valence-electron chi connectivity index (χ0n) is 6.17. The van der Waals surface area contributed by atoms with E-state index in [0.29, 0.717) is 0 Å². The van der Waals surface area contributed by atoms with Crippen molar-refractivity contribution < 1.29 is 8.76 Å². The van der Waals surface area contributed by atoms with Crippen LogP contribution in [0.5, 0.6) is 0 Å². The molecule has 0 heterocycles. The number of nitrogens with zero attached hydrogens (tertiary/aromatic N) is 1. The quantitative estimate of drug-likeness (QED) is 0.511. The van der Waals surface area contributed by atoms with E-state index in [4.69, 9.17) is 0 Å². The van der Waals surface area contributed by atoms with Crippen LogP contribution in [0.15, 0.2) is 0 Å². The topological polar surface area (TPSA) is 43.4 Å². The van der Waals surface area contributed by atoms with Crippen LogP contribution in [0, 0.1) is 0 Å². The summed E-state index contributed by atoms with van der Waals surface area (Å²) in [5.41, 5.74) is -0.299. The molecule has 0 rings (SSSR count). The summed E-state index contributed by atoms with van der Waals surface area (Å²) in [6.07, 6.45) is 0. The van der Waals surface area contributed by atoms with Gasteiger partial charge in [0.15, 0.2) is 0 Å². The van der Waals surface area contributed by atoms with Crippen LogP contribution in [0.25, 0.3) is 0 Å². The van der Waals surface area contributed by atoms with Crippen LogP contribution in [0.2, 0.25) is 0 Å². The van der Waals surface area contributed by atoms with E-state index < -0.39 is 11.3 Å². The Labute approximate surface area is 58.5 Å². The third kappa shape index (κ3) is 2.93. The van der Waals surface area contributed by atoms with Crippen molar-refractivity contribution in [2.75, 3.05) is 7.05 Å². The Hall–Kier alpha value is 0.0700. The second kappa shape index (κ2) is 2.77. The molecule has 0 aromatic rings. The van der Waals surface area contributed by atoms with Gasteiger partial charge in [-0.25, -0.2) is 4.31 Å². The lowest BCUT2D eigenvalue weighted by Gasteiger charge is -2.32. The average Bonchev–Trinajstić information content (AvgIpc) is 1.62. The van der Waals surface area contributed by atoms with Crippen molar-refractivity contribution in [1.82, 2.24) is 4.31 Å². The Bertz CT molecular complexity index is 119. The third-order valence-electron chi connectivity index (χ3n) is 1.17. The average molecular weight is 150 g/mol. The number of hydrogen-bond acceptors (Lipinski definition) is 2. The van der Waals surface area contributed by atoms with Crippen molar-refractivity contribution in [2.45, 2.75) is 26.3 Å². The van der Waals surface area contributed by atoms with Crippen LogP contribution in [-0.4, -0.2) is 25.7 Å². The van der Waals surface area contributed by atoms with Gasteiger partial charge in [-0.3, -0.25) is 4.21 Å². The van der Waals surface area contributed by atoms with Gasteiger partial charge >= 0.3 is 0 Å². The molecule has 0 N–H and O–H groups in total. The van der Waals surface area contributed by atoms with Crippen molar-refractivity contribution >= 4 is 11.3 Å². The summed E-state index contributed by atoms with van der Waals surface area (Å²) < 4.78 is 21.8. The summed E-state index contributed by atoms with van der Waals surface area (Å²) >= 11 is -2.10. The van der Waals surface area contributed by atoms with Gasteiger partial charge in [-0.15, -0.1) is 0 Å². The van der Waals surface area contributed by atoms with Crippen molar-refractivity contribution in [3.63, 3.8) is 0 Å². The SMILES string of the molecule is CN(S(=O)[O-])C(C)(C)C. The maximum Gasteiger partial charge on any atom is 0.0238 e. The fourth-order valence-electron chi connectivity index (χ4n) is 0.224. The predicted molar refractivity (Wildman–Crippen MR) is 36.4 cm³/mol. The molecular weight excluding hydrogens is 138 g/mol. The molecule has 9 heavy (non-hydrogen) atoms. The second-order valence-corrected chi connectivity index (χ2v) is 3.87. The van der Waals surface area contributed by atoms with E-state index in [2.05, 4.69) is 0 Å². The molecule has 1 atom stereocenters. The Kier molecular flexibility index (Phi) is 2.79. The first kappa shape index (κ1) is 9.07. The van der Waals surface area contributed by atoms with Crippen LogP contribution in [-0.2, 0) is 11.3 Å².